The van der Waals surface area contributed by atoms with Gasteiger partial charge in [-0.3, -0.25) is 52.7 Å². The van der Waals surface area contributed by atoms with Gasteiger partial charge < -0.3 is 67.8 Å². The third-order valence-electron chi connectivity index (χ3n) is 15.3. The predicted molar refractivity (Wildman–Crippen MR) is 331 cm³/mol. The lowest BCUT2D eigenvalue weighted by Crippen LogP contribution is -2.66. The van der Waals surface area contributed by atoms with Crippen molar-refractivity contribution < 1.29 is 67.8 Å². The molecule has 11 atom stereocenters. The number of aliphatic hydroxyl groups excluding tert-OH is 2. The number of carbonyl (C=O) groups excluding carboxylic acids is 11. The first-order valence-corrected chi connectivity index (χ1v) is 31.2. The summed E-state index contributed by atoms with van der Waals surface area (Å²) in [6.45, 7) is 30.7. The van der Waals surface area contributed by atoms with E-state index in [0.29, 0.717) is 32.4 Å². The maximum atomic E-state index is 14.6. The van der Waals surface area contributed by atoms with Gasteiger partial charge in [0.15, 0.2) is 0 Å². The maximum absolute atomic E-state index is 14.6. The first-order chi connectivity index (χ1) is 40.2. The minimum Gasteiger partial charge on any atom is -0.393 e. The van der Waals surface area contributed by atoms with Crippen molar-refractivity contribution in [1.29, 1.82) is 0 Å². The Labute approximate surface area is 517 Å². The van der Waals surface area contributed by atoms with Crippen molar-refractivity contribution in [3.05, 3.63) is 12.2 Å². The summed E-state index contributed by atoms with van der Waals surface area (Å²) in [6.07, 6.45) is 3.30. The van der Waals surface area contributed by atoms with E-state index in [1.54, 1.807) is 33.8 Å². The molecule has 0 aromatic rings. The van der Waals surface area contributed by atoms with Crippen molar-refractivity contribution in [2.24, 2.45) is 41.4 Å². The second-order valence-corrected chi connectivity index (χ2v) is 26.8. The number of nitrogens with two attached hydrogens (primary N) is 1. The van der Waals surface area contributed by atoms with Crippen LogP contribution in [0.1, 0.15) is 195 Å². The summed E-state index contributed by atoms with van der Waals surface area (Å²) in [6, 6.07) is -6.67. The Bertz CT molecular complexity index is 2340. The van der Waals surface area contributed by atoms with E-state index in [-0.39, 0.29) is 98.8 Å². The van der Waals surface area contributed by atoms with Gasteiger partial charge in [0.25, 0.3) is 0 Å². The Morgan fingerprint density at radius 1 is 0.655 bits per heavy atom. The Hall–Kier alpha value is -6.05. The number of ketones is 1. The standard InChI is InChI=1S/C62H111N11O14/c1-19-38(9)23-24-49(77)73-34-40(11)32-47(73)55(82)67-46(31-39(10)30-43(75)33-42(74)20-2)53(80)69-50(51(78)37(7)8)56(83)71-61(15,16)58(85)68-44(28-35(3)4)52(79)66-45(29-36(5)6)54(81)70-62(17,18)59(86)72-60(13,14)57(84)64-26-25-48(76)65-41(12)22-21-27-87-63/h23-24,35-41,43-47,50-51,75,78H,19-22,25-34,63H2,1-18H3,(H,64,84)(H,65,76)(H,66,79)(H,67,82)(H,68,85)(H,69,80)(H,70,81)(H,71,83)(H,72,86)/b24-23+/t38-,39?,40?,41?,43?,44?,45?,46?,47?,50?,51?/m1/s1. The SMILES string of the molecule is CCC(=O)CC(O)CC(C)CC(NC(=O)C1CC(C)CN1C(=O)/C=C/[C@H](C)CC)C(=O)NC(C(=O)NC(C)(C)C(=O)NC(CC(C)C)C(=O)NC(CC(C)C)C(=O)NC(C)(C)C(=O)NC(C)(C)C(=O)NCCC(=O)NC(C)CCCON)C(O)C(C)C. The summed E-state index contributed by atoms with van der Waals surface area (Å²) in [5.41, 5.74) is -4.96. The van der Waals surface area contributed by atoms with E-state index in [0.717, 1.165) is 6.42 Å². The molecule has 0 aromatic carbocycles. The fourth-order valence-electron chi connectivity index (χ4n) is 9.72. The van der Waals surface area contributed by atoms with Crippen LogP contribution in [-0.4, -0.2) is 165 Å². The number of amides is 10. The number of nitrogens with one attached hydrogen (secondary N) is 9. The van der Waals surface area contributed by atoms with Crippen molar-refractivity contribution in [3.63, 3.8) is 0 Å². The van der Waals surface area contributed by atoms with Crippen LogP contribution in [0.4, 0.5) is 0 Å². The maximum Gasteiger partial charge on any atom is 0.246 e. The number of likely N-dealkylation sites (tertiary alicyclic amines) is 1. The topological polar surface area (TPSA) is 375 Å². The molecule has 1 rings (SSSR count). The van der Waals surface area contributed by atoms with E-state index < -0.39 is 118 Å². The first kappa shape index (κ1) is 79.0. The molecule has 1 heterocycles. The van der Waals surface area contributed by atoms with Crippen molar-refractivity contribution in [3.8, 4) is 0 Å². The summed E-state index contributed by atoms with van der Waals surface area (Å²) in [7, 11) is 0. The monoisotopic (exact) mass is 1230 g/mol. The summed E-state index contributed by atoms with van der Waals surface area (Å²) in [4.78, 5) is 157. The van der Waals surface area contributed by atoms with E-state index in [9.17, 15) is 63.0 Å². The Morgan fingerprint density at radius 2 is 1.20 bits per heavy atom. The number of allylic oxidation sites excluding steroid dienone is 1. The highest BCUT2D eigenvalue weighted by Crippen LogP contribution is 2.25. The number of carbonyl (C=O) groups is 11. The van der Waals surface area contributed by atoms with Gasteiger partial charge in [0.05, 0.1) is 18.8 Å². The van der Waals surface area contributed by atoms with Crippen LogP contribution < -0.4 is 53.7 Å². The van der Waals surface area contributed by atoms with E-state index in [1.165, 1.54) is 52.5 Å². The molecule has 10 unspecified atom stereocenters. The van der Waals surface area contributed by atoms with Crippen LogP contribution in [0, 0.1) is 35.5 Å². The number of Topliss-reactive ketones (excluding diaryl/α,β-unsaturated/α-hetero) is 1. The molecule has 1 saturated heterocycles. The molecule has 0 spiro atoms. The van der Waals surface area contributed by atoms with Gasteiger partial charge in [-0.25, -0.2) is 5.90 Å². The van der Waals surface area contributed by atoms with Crippen LogP contribution in [0.25, 0.3) is 0 Å². The Balaban J connectivity index is 3.42. The highest BCUT2D eigenvalue weighted by molar-refractivity contribution is 6.00. The minimum absolute atomic E-state index is 0.0145. The highest BCUT2D eigenvalue weighted by atomic mass is 16.6. The van der Waals surface area contributed by atoms with Gasteiger partial charge >= 0.3 is 0 Å². The van der Waals surface area contributed by atoms with Crippen LogP contribution in [0.2, 0.25) is 0 Å². The van der Waals surface area contributed by atoms with Crippen molar-refractivity contribution >= 4 is 64.9 Å². The van der Waals surface area contributed by atoms with Gasteiger partial charge in [-0.15, -0.1) is 0 Å². The van der Waals surface area contributed by atoms with Crippen LogP contribution in [0.15, 0.2) is 12.2 Å². The molecule has 498 valence electrons. The second kappa shape index (κ2) is 37.1. The van der Waals surface area contributed by atoms with Gasteiger partial charge in [-0.2, -0.15) is 0 Å². The third-order valence-corrected chi connectivity index (χ3v) is 15.3. The van der Waals surface area contributed by atoms with Gasteiger partial charge in [0, 0.05) is 38.4 Å². The van der Waals surface area contributed by atoms with Gasteiger partial charge in [-0.1, -0.05) is 88.7 Å². The molecule has 13 N–H and O–H groups in total. The number of hydrogen-bond acceptors (Lipinski definition) is 15. The summed E-state index contributed by atoms with van der Waals surface area (Å²) in [5, 5.41) is 46.7. The molecule has 25 heteroatoms. The van der Waals surface area contributed by atoms with Crippen LogP contribution >= 0.6 is 0 Å². The first-order valence-electron chi connectivity index (χ1n) is 31.2. The minimum atomic E-state index is -1.83. The zero-order valence-electron chi connectivity index (χ0n) is 55.5. The molecule has 87 heavy (non-hydrogen) atoms. The van der Waals surface area contributed by atoms with Crippen LogP contribution in [-0.2, 0) is 57.6 Å². The molecule has 1 aliphatic rings. The van der Waals surface area contributed by atoms with E-state index in [1.807, 2.05) is 55.4 Å². The Morgan fingerprint density at radius 3 is 1.75 bits per heavy atom. The molecular weight excluding hydrogens is 1120 g/mol. The number of hydrogen-bond donors (Lipinski definition) is 12. The fraction of sp³-hybridized carbons (Fsp3) is 0.790. The lowest BCUT2D eigenvalue weighted by Gasteiger charge is -2.34. The van der Waals surface area contributed by atoms with Crippen LogP contribution in [0.5, 0.6) is 0 Å². The second-order valence-electron chi connectivity index (χ2n) is 26.8. The number of rotatable bonds is 39. The third kappa shape index (κ3) is 28.3. The average molecular weight is 1230 g/mol. The molecule has 25 nitrogen and oxygen atoms in total. The average Bonchev–Trinajstić information content (AvgIpc) is 2.85. The highest BCUT2D eigenvalue weighted by Gasteiger charge is 2.43. The van der Waals surface area contributed by atoms with Gasteiger partial charge in [-0.05, 0) is 135 Å². The lowest BCUT2D eigenvalue weighted by atomic mass is 9.92. The molecule has 10 amide bonds. The molecule has 0 saturated carbocycles. The van der Waals surface area contributed by atoms with Gasteiger partial charge in [0.2, 0.25) is 59.1 Å². The predicted octanol–water partition coefficient (Wildman–Crippen LogP) is 2.39. The molecule has 1 aliphatic heterocycles. The molecular formula is C62H111N11O14. The summed E-state index contributed by atoms with van der Waals surface area (Å²) < 4.78 is 0. The zero-order chi connectivity index (χ0) is 66.9. The largest absolute Gasteiger partial charge is 0.393 e. The van der Waals surface area contributed by atoms with Crippen LogP contribution in [0.3, 0.4) is 0 Å². The molecule has 1 fully saturated rings. The molecule has 0 bridgehead atoms. The number of aliphatic hydroxyl groups is 2. The van der Waals surface area contributed by atoms with Crippen molar-refractivity contribution in [2.75, 3.05) is 19.7 Å². The lowest BCUT2D eigenvalue weighted by molar-refractivity contribution is -0.140. The molecule has 0 aromatic heterocycles. The summed E-state index contributed by atoms with van der Waals surface area (Å²) in [5.74, 6) is -3.31. The van der Waals surface area contributed by atoms with E-state index in [4.69, 9.17) is 5.90 Å². The fourth-order valence-corrected chi connectivity index (χ4v) is 9.72. The van der Waals surface area contributed by atoms with E-state index in [2.05, 4.69) is 52.7 Å². The van der Waals surface area contributed by atoms with Gasteiger partial charge in [0.1, 0.15) is 52.6 Å². The normalized spacial score (nSPS) is 17.9. The zero-order valence-corrected chi connectivity index (χ0v) is 55.5. The number of nitrogens with zero attached hydrogens (tertiary/aromatic N) is 1. The van der Waals surface area contributed by atoms with Crippen molar-refractivity contribution in [2.45, 2.75) is 260 Å². The summed E-state index contributed by atoms with van der Waals surface area (Å²) >= 11 is 0. The Kier molecular flexibility index (Phi) is 33.6. The molecule has 0 aliphatic carbocycles. The van der Waals surface area contributed by atoms with Crippen molar-refractivity contribution in [1.82, 2.24) is 52.8 Å². The smallest absolute Gasteiger partial charge is 0.246 e. The quantitative estimate of drug-likeness (QED) is 0.0239. The van der Waals surface area contributed by atoms with E-state index >= 15 is 0 Å². The molecule has 0 radical (unpaired) electrons.